The SMILES string of the molecule is CCCCN(C)C(=O)c1cnc(N(C)CCc2ccncc2)cn1. The molecule has 1 amide bonds. The third-order valence-electron chi connectivity index (χ3n) is 3.93. The van der Waals surface area contributed by atoms with Crippen molar-refractivity contribution in [3.63, 3.8) is 0 Å². The quantitative estimate of drug-likeness (QED) is 0.745. The molecule has 0 spiro atoms. The molecule has 6 nitrogen and oxygen atoms in total. The second kappa shape index (κ2) is 8.96. The number of carbonyl (C=O) groups excluding carboxylic acids is 1. The van der Waals surface area contributed by atoms with Crippen molar-refractivity contribution < 1.29 is 4.79 Å². The number of hydrogen-bond acceptors (Lipinski definition) is 5. The smallest absolute Gasteiger partial charge is 0.273 e. The number of nitrogens with zero attached hydrogens (tertiary/aromatic N) is 5. The van der Waals surface area contributed by atoms with E-state index in [9.17, 15) is 4.79 Å². The maximum Gasteiger partial charge on any atom is 0.273 e. The van der Waals surface area contributed by atoms with Crippen molar-refractivity contribution in [1.82, 2.24) is 19.9 Å². The second-order valence-corrected chi connectivity index (χ2v) is 5.87. The van der Waals surface area contributed by atoms with Crippen LogP contribution >= 0.6 is 0 Å². The van der Waals surface area contributed by atoms with E-state index in [-0.39, 0.29) is 5.91 Å². The Morgan fingerprint density at radius 3 is 2.46 bits per heavy atom. The lowest BCUT2D eigenvalue weighted by Gasteiger charge is -2.19. The van der Waals surface area contributed by atoms with E-state index in [1.54, 1.807) is 36.7 Å². The molecule has 6 heteroatoms. The number of anilines is 1. The summed E-state index contributed by atoms with van der Waals surface area (Å²) in [5.74, 6) is 0.679. The van der Waals surface area contributed by atoms with Gasteiger partial charge in [0.25, 0.3) is 5.91 Å². The van der Waals surface area contributed by atoms with Gasteiger partial charge in [0.15, 0.2) is 0 Å². The number of pyridine rings is 1. The minimum Gasteiger partial charge on any atom is -0.358 e. The van der Waals surface area contributed by atoms with Crippen molar-refractivity contribution in [2.45, 2.75) is 26.2 Å². The molecule has 0 radical (unpaired) electrons. The first-order valence-electron chi connectivity index (χ1n) is 8.29. The molecule has 0 bridgehead atoms. The molecule has 0 fully saturated rings. The molecule has 0 atom stereocenters. The molecule has 0 aliphatic rings. The number of likely N-dealkylation sites (N-methyl/N-ethyl adjacent to an activating group) is 1. The van der Waals surface area contributed by atoms with Gasteiger partial charge in [0, 0.05) is 39.6 Å². The Morgan fingerprint density at radius 2 is 1.83 bits per heavy atom. The molecule has 128 valence electrons. The Balaban J connectivity index is 1.92. The third-order valence-corrected chi connectivity index (χ3v) is 3.93. The number of carbonyl (C=O) groups is 1. The highest BCUT2D eigenvalue weighted by atomic mass is 16.2. The Labute approximate surface area is 143 Å². The van der Waals surface area contributed by atoms with Gasteiger partial charge in [-0.15, -0.1) is 0 Å². The Morgan fingerprint density at radius 1 is 1.08 bits per heavy atom. The molecule has 0 aromatic carbocycles. The molecule has 2 rings (SSSR count). The lowest BCUT2D eigenvalue weighted by molar-refractivity contribution is 0.0787. The van der Waals surface area contributed by atoms with Crippen LogP contribution in [0.5, 0.6) is 0 Å². The molecule has 0 saturated heterocycles. The van der Waals surface area contributed by atoms with Crippen molar-refractivity contribution in [2.24, 2.45) is 0 Å². The van der Waals surface area contributed by atoms with Gasteiger partial charge in [-0.2, -0.15) is 0 Å². The van der Waals surface area contributed by atoms with Crippen LogP contribution in [0.2, 0.25) is 0 Å². The average Bonchev–Trinajstić information content (AvgIpc) is 2.64. The van der Waals surface area contributed by atoms with E-state index in [4.69, 9.17) is 0 Å². The van der Waals surface area contributed by atoms with E-state index in [2.05, 4.69) is 21.9 Å². The van der Waals surface area contributed by atoms with Gasteiger partial charge in [0.05, 0.1) is 12.4 Å². The zero-order valence-corrected chi connectivity index (χ0v) is 14.6. The fourth-order valence-corrected chi connectivity index (χ4v) is 2.28. The van der Waals surface area contributed by atoms with Gasteiger partial charge in [-0.3, -0.25) is 9.78 Å². The molecular weight excluding hydrogens is 302 g/mol. The highest BCUT2D eigenvalue weighted by molar-refractivity contribution is 5.91. The summed E-state index contributed by atoms with van der Waals surface area (Å²) in [6.07, 6.45) is 9.77. The second-order valence-electron chi connectivity index (χ2n) is 5.87. The molecule has 0 N–H and O–H groups in total. The molecule has 0 aliphatic carbocycles. The normalized spacial score (nSPS) is 10.5. The number of unbranched alkanes of at least 4 members (excludes halogenated alkanes) is 1. The van der Waals surface area contributed by atoms with Gasteiger partial charge in [-0.1, -0.05) is 13.3 Å². The van der Waals surface area contributed by atoms with Crippen molar-refractivity contribution >= 4 is 11.7 Å². The lowest BCUT2D eigenvalue weighted by atomic mass is 10.2. The minimum absolute atomic E-state index is 0.0815. The number of hydrogen-bond donors (Lipinski definition) is 0. The summed E-state index contributed by atoms with van der Waals surface area (Å²) in [5.41, 5.74) is 1.62. The summed E-state index contributed by atoms with van der Waals surface area (Å²) in [5, 5.41) is 0. The van der Waals surface area contributed by atoms with Gasteiger partial charge in [0.1, 0.15) is 11.5 Å². The van der Waals surface area contributed by atoms with Gasteiger partial charge in [-0.25, -0.2) is 9.97 Å². The number of amides is 1. The molecule has 24 heavy (non-hydrogen) atoms. The van der Waals surface area contributed by atoms with Crippen LogP contribution in [0, 0.1) is 0 Å². The summed E-state index contributed by atoms with van der Waals surface area (Å²) in [4.78, 5) is 28.6. The fraction of sp³-hybridized carbons (Fsp3) is 0.444. The van der Waals surface area contributed by atoms with Crippen LogP contribution in [-0.4, -0.2) is 52.9 Å². The highest BCUT2D eigenvalue weighted by Gasteiger charge is 2.13. The van der Waals surface area contributed by atoms with E-state index in [0.29, 0.717) is 5.69 Å². The first kappa shape index (κ1) is 17.8. The predicted octanol–water partition coefficient (Wildman–Crippen LogP) is 2.42. The zero-order valence-electron chi connectivity index (χ0n) is 14.6. The van der Waals surface area contributed by atoms with E-state index >= 15 is 0 Å². The summed E-state index contributed by atoms with van der Waals surface area (Å²) >= 11 is 0. The summed E-state index contributed by atoms with van der Waals surface area (Å²) < 4.78 is 0. The number of aromatic nitrogens is 3. The molecule has 0 saturated carbocycles. The molecule has 2 aromatic rings. The molecular formula is C18H25N5O. The Bertz CT molecular complexity index is 630. The van der Waals surface area contributed by atoms with E-state index in [1.807, 2.05) is 24.1 Å². The van der Waals surface area contributed by atoms with Crippen molar-refractivity contribution in [3.8, 4) is 0 Å². The van der Waals surface area contributed by atoms with Crippen molar-refractivity contribution in [1.29, 1.82) is 0 Å². The van der Waals surface area contributed by atoms with Crippen molar-refractivity contribution in [3.05, 3.63) is 48.2 Å². The molecule has 2 aromatic heterocycles. The van der Waals surface area contributed by atoms with E-state index < -0.39 is 0 Å². The Kier molecular flexibility index (Phi) is 6.66. The van der Waals surface area contributed by atoms with Gasteiger partial charge in [0.2, 0.25) is 0 Å². The maximum atomic E-state index is 12.2. The summed E-state index contributed by atoms with van der Waals surface area (Å²) in [7, 11) is 3.77. The summed E-state index contributed by atoms with van der Waals surface area (Å²) in [6, 6.07) is 4.01. The molecule has 0 aliphatic heterocycles. The molecule has 0 unspecified atom stereocenters. The summed E-state index contributed by atoms with van der Waals surface area (Å²) in [6.45, 7) is 3.67. The average molecular weight is 327 g/mol. The predicted molar refractivity (Wildman–Crippen MR) is 95.1 cm³/mol. The minimum atomic E-state index is -0.0815. The first-order valence-corrected chi connectivity index (χ1v) is 8.29. The fourth-order valence-electron chi connectivity index (χ4n) is 2.28. The van der Waals surface area contributed by atoms with Gasteiger partial charge in [-0.05, 0) is 30.5 Å². The monoisotopic (exact) mass is 327 g/mol. The largest absolute Gasteiger partial charge is 0.358 e. The molecule has 2 heterocycles. The van der Waals surface area contributed by atoms with Crippen LogP contribution in [0.15, 0.2) is 36.9 Å². The van der Waals surface area contributed by atoms with E-state index in [1.165, 1.54) is 5.56 Å². The zero-order chi connectivity index (χ0) is 17.4. The van der Waals surface area contributed by atoms with Crippen LogP contribution in [-0.2, 0) is 6.42 Å². The van der Waals surface area contributed by atoms with Crippen LogP contribution in [0.1, 0.15) is 35.8 Å². The topological polar surface area (TPSA) is 62.2 Å². The Hall–Kier alpha value is -2.50. The van der Waals surface area contributed by atoms with Crippen LogP contribution in [0.3, 0.4) is 0 Å². The highest BCUT2D eigenvalue weighted by Crippen LogP contribution is 2.09. The first-order chi connectivity index (χ1) is 11.6. The standard InChI is InChI=1S/C18H25N5O/c1-4-5-11-23(3)18(24)16-13-21-17(14-20-16)22(2)12-8-15-6-9-19-10-7-15/h6-7,9-10,13-14H,4-5,8,11-12H2,1-3H3. The van der Waals surface area contributed by atoms with Gasteiger partial charge < -0.3 is 9.80 Å². The van der Waals surface area contributed by atoms with Crippen LogP contribution < -0.4 is 4.90 Å². The number of rotatable bonds is 8. The van der Waals surface area contributed by atoms with E-state index in [0.717, 1.165) is 38.2 Å². The van der Waals surface area contributed by atoms with Gasteiger partial charge >= 0.3 is 0 Å². The van der Waals surface area contributed by atoms with Crippen molar-refractivity contribution in [2.75, 3.05) is 32.1 Å². The van der Waals surface area contributed by atoms with Crippen LogP contribution in [0.25, 0.3) is 0 Å². The lowest BCUT2D eigenvalue weighted by Crippen LogP contribution is -2.29. The van der Waals surface area contributed by atoms with Crippen LogP contribution in [0.4, 0.5) is 5.82 Å². The maximum absolute atomic E-state index is 12.2. The third kappa shape index (κ3) is 5.01.